The van der Waals surface area contributed by atoms with E-state index in [1.807, 2.05) is 25.1 Å². The highest BCUT2D eigenvalue weighted by molar-refractivity contribution is 7.88. The molecule has 0 spiro atoms. The number of carbonyl (C=O) groups is 1. The third-order valence-corrected chi connectivity index (χ3v) is 5.25. The van der Waals surface area contributed by atoms with Crippen molar-refractivity contribution in [2.24, 2.45) is 0 Å². The van der Waals surface area contributed by atoms with E-state index in [1.165, 1.54) is 6.08 Å². The largest absolute Gasteiger partial charge is 0.493 e. The molecule has 28 heavy (non-hydrogen) atoms. The van der Waals surface area contributed by atoms with Crippen LogP contribution in [-0.4, -0.2) is 58.3 Å². The van der Waals surface area contributed by atoms with Gasteiger partial charge in [0.2, 0.25) is 15.9 Å². The maximum atomic E-state index is 12.7. The Morgan fingerprint density at radius 2 is 2.11 bits per heavy atom. The highest BCUT2D eigenvalue weighted by Gasteiger charge is 2.25. The van der Waals surface area contributed by atoms with Crippen molar-refractivity contribution in [1.82, 2.24) is 9.62 Å². The SMILES string of the molecule is CCCOc1ccc(/C=C/C(=O)N2CCCCC2CNS(C)(=O)=O)cc1OC. The van der Waals surface area contributed by atoms with Crippen molar-refractivity contribution in [3.05, 3.63) is 29.8 Å². The molecule has 0 radical (unpaired) electrons. The van der Waals surface area contributed by atoms with Gasteiger partial charge >= 0.3 is 0 Å². The van der Waals surface area contributed by atoms with Gasteiger partial charge in [0.15, 0.2) is 11.5 Å². The number of sulfonamides is 1. The molecule has 156 valence electrons. The number of ether oxygens (including phenoxy) is 2. The molecule has 0 aromatic heterocycles. The third-order valence-electron chi connectivity index (χ3n) is 4.56. The third kappa shape index (κ3) is 6.83. The van der Waals surface area contributed by atoms with E-state index in [-0.39, 0.29) is 18.5 Å². The second kappa shape index (κ2) is 10.5. The molecular formula is C20H30N2O5S. The van der Waals surface area contributed by atoms with Crippen LogP contribution in [0.25, 0.3) is 6.08 Å². The molecule has 1 saturated heterocycles. The quantitative estimate of drug-likeness (QED) is 0.632. The minimum absolute atomic E-state index is 0.120. The molecule has 1 aliphatic heterocycles. The van der Waals surface area contributed by atoms with Crippen LogP contribution >= 0.6 is 0 Å². The maximum absolute atomic E-state index is 12.7. The van der Waals surface area contributed by atoms with E-state index in [1.54, 1.807) is 18.1 Å². The van der Waals surface area contributed by atoms with Crippen LogP contribution in [0.5, 0.6) is 11.5 Å². The molecular weight excluding hydrogens is 380 g/mol. The van der Waals surface area contributed by atoms with E-state index in [0.717, 1.165) is 37.5 Å². The van der Waals surface area contributed by atoms with Gasteiger partial charge in [0, 0.05) is 25.2 Å². The van der Waals surface area contributed by atoms with E-state index in [0.29, 0.717) is 24.7 Å². The van der Waals surface area contributed by atoms with Crippen LogP contribution in [0.4, 0.5) is 0 Å². The molecule has 8 heteroatoms. The average Bonchev–Trinajstić information content (AvgIpc) is 2.68. The summed E-state index contributed by atoms with van der Waals surface area (Å²) in [6, 6.07) is 5.40. The Balaban J connectivity index is 2.06. The minimum atomic E-state index is -3.28. The van der Waals surface area contributed by atoms with Crippen LogP contribution in [0.3, 0.4) is 0 Å². The van der Waals surface area contributed by atoms with Crippen molar-refractivity contribution in [3.8, 4) is 11.5 Å². The van der Waals surface area contributed by atoms with Crippen molar-refractivity contribution in [2.45, 2.75) is 38.6 Å². The van der Waals surface area contributed by atoms with E-state index in [9.17, 15) is 13.2 Å². The molecule has 1 aliphatic rings. The maximum Gasteiger partial charge on any atom is 0.246 e. The number of likely N-dealkylation sites (tertiary alicyclic amines) is 1. The Hall–Kier alpha value is -2.06. The highest BCUT2D eigenvalue weighted by atomic mass is 32.2. The van der Waals surface area contributed by atoms with Gasteiger partial charge in [-0.1, -0.05) is 13.0 Å². The van der Waals surface area contributed by atoms with Crippen LogP contribution in [0.2, 0.25) is 0 Å². The lowest BCUT2D eigenvalue weighted by Gasteiger charge is -2.35. The summed E-state index contributed by atoms with van der Waals surface area (Å²) in [7, 11) is -1.70. The number of nitrogens with zero attached hydrogens (tertiary/aromatic N) is 1. The molecule has 0 bridgehead atoms. The van der Waals surface area contributed by atoms with Gasteiger partial charge in [0.05, 0.1) is 20.0 Å². The molecule has 0 saturated carbocycles. The first-order valence-electron chi connectivity index (χ1n) is 9.58. The minimum Gasteiger partial charge on any atom is -0.493 e. The standard InChI is InChI=1S/C20H30N2O5S/c1-4-13-27-18-10-8-16(14-19(18)26-2)9-11-20(23)22-12-6-5-7-17(22)15-21-28(3,24)25/h8-11,14,17,21H,4-7,12-13,15H2,1-3H3/b11-9+. The Kier molecular flexibility index (Phi) is 8.32. The van der Waals surface area contributed by atoms with Crippen LogP contribution in [0, 0.1) is 0 Å². The first kappa shape index (κ1) is 22.2. The fraction of sp³-hybridized carbons (Fsp3) is 0.550. The molecule has 2 rings (SSSR count). The summed E-state index contributed by atoms with van der Waals surface area (Å²) in [6.45, 7) is 3.53. The number of hydrogen-bond donors (Lipinski definition) is 1. The number of amides is 1. The Morgan fingerprint density at radius 3 is 2.79 bits per heavy atom. The highest BCUT2D eigenvalue weighted by Crippen LogP contribution is 2.28. The smallest absolute Gasteiger partial charge is 0.246 e. The van der Waals surface area contributed by atoms with Crippen molar-refractivity contribution in [2.75, 3.05) is 33.1 Å². The summed E-state index contributed by atoms with van der Waals surface area (Å²) in [5.41, 5.74) is 0.830. The van der Waals surface area contributed by atoms with Crippen molar-refractivity contribution in [1.29, 1.82) is 0 Å². The van der Waals surface area contributed by atoms with Gasteiger partial charge in [-0.2, -0.15) is 0 Å². The number of nitrogens with one attached hydrogen (secondary N) is 1. The monoisotopic (exact) mass is 410 g/mol. The van der Waals surface area contributed by atoms with Crippen molar-refractivity contribution < 1.29 is 22.7 Å². The summed E-state index contributed by atoms with van der Waals surface area (Å²) in [5.74, 6) is 1.18. The van der Waals surface area contributed by atoms with Crippen molar-refractivity contribution >= 4 is 22.0 Å². The first-order chi connectivity index (χ1) is 13.3. The fourth-order valence-electron chi connectivity index (χ4n) is 3.13. The molecule has 1 heterocycles. The molecule has 1 aromatic carbocycles. The second-order valence-electron chi connectivity index (χ2n) is 6.89. The molecule has 1 atom stereocenters. The molecule has 1 N–H and O–H groups in total. The number of carbonyl (C=O) groups excluding carboxylic acids is 1. The lowest BCUT2D eigenvalue weighted by molar-refractivity contribution is -0.129. The predicted octanol–water partition coefficient (Wildman–Crippen LogP) is 2.43. The lowest BCUT2D eigenvalue weighted by Crippen LogP contribution is -2.48. The van der Waals surface area contributed by atoms with Gasteiger partial charge in [-0.25, -0.2) is 13.1 Å². The molecule has 0 aliphatic carbocycles. The second-order valence-corrected chi connectivity index (χ2v) is 8.73. The number of methoxy groups -OCH3 is 1. The first-order valence-corrected chi connectivity index (χ1v) is 11.5. The molecule has 1 fully saturated rings. The Morgan fingerprint density at radius 1 is 1.32 bits per heavy atom. The molecule has 1 unspecified atom stereocenters. The number of benzene rings is 1. The topological polar surface area (TPSA) is 84.9 Å². The summed E-state index contributed by atoms with van der Waals surface area (Å²) in [5, 5.41) is 0. The van der Waals surface area contributed by atoms with E-state index >= 15 is 0 Å². The van der Waals surface area contributed by atoms with Crippen LogP contribution < -0.4 is 14.2 Å². The molecule has 1 amide bonds. The summed E-state index contributed by atoms with van der Waals surface area (Å²) < 4.78 is 36.2. The van der Waals surface area contributed by atoms with Gasteiger partial charge < -0.3 is 14.4 Å². The van der Waals surface area contributed by atoms with E-state index < -0.39 is 10.0 Å². The number of hydrogen-bond acceptors (Lipinski definition) is 5. The summed E-state index contributed by atoms with van der Waals surface area (Å²) in [4.78, 5) is 14.4. The Labute approximate surface area is 167 Å². The zero-order valence-electron chi connectivity index (χ0n) is 16.8. The van der Waals surface area contributed by atoms with Crippen LogP contribution in [-0.2, 0) is 14.8 Å². The van der Waals surface area contributed by atoms with Gasteiger partial charge in [0.25, 0.3) is 0 Å². The van der Waals surface area contributed by atoms with Gasteiger partial charge in [-0.15, -0.1) is 0 Å². The predicted molar refractivity (Wildman–Crippen MR) is 110 cm³/mol. The van der Waals surface area contributed by atoms with E-state index in [2.05, 4.69) is 4.72 Å². The van der Waals surface area contributed by atoms with Gasteiger partial charge in [-0.3, -0.25) is 4.79 Å². The fourth-order valence-corrected chi connectivity index (χ4v) is 3.63. The van der Waals surface area contributed by atoms with Crippen molar-refractivity contribution in [3.63, 3.8) is 0 Å². The number of piperidine rings is 1. The molecule has 7 nitrogen and oxygen atoms in total. The zero-order valence-corrected chi connectivity index (χ0v) is 17.6. The number of rotatable bonds is 9. The average molecular weight is 411 g/mol. The van der Waals surface area contributed by atoms with Crippen LogP contribution in [0.1, 0.15) is 38.2 Å². The summed E-state index contributed by atoms with van der Waals surface area (Å²) >= 11 is 0. The lowest BCUT2D eigenvalue weighted by atomic mass is 10.0. The van der Waals surface area contributed by atoms with E-state index in [4.69, 9.17) is 9.47 Å². The Bertz CT molecular complexity index is 792. The van der Waals surface area contributed by atoms with Gasteiger partial charge in [-0.05, 0) is 49.5 Å². The zero-order chi connectivity index (χ0) is 20.6. The molecule has 1 aromatic rings. The summed E-state index contributed by atoms with van der Waals surface area (Å²) in [6.07, 6.45) is 8.00. The van der Waals surface area contributed by atoms with Crippen LogP contribution in [0.15, 0.2) is 24.3 Å². The van der Waals surface area contributed by atoms with Gasteiger partial charge in [0.1, 0.15) is 0 Å². The normalized spacial score (nSPS) is 17.7.